The molecule has 3 aromatic heterocycles. The lowest BCUT2D eigenvalue weighted by Crippen LogP contribution is -2.24. The van der Waals surface area contributed by atoms with Crippen LogP contribution >= 0.6 is 34.5 Å². The summed E-state index contributed by atoms with van der Waals surface area (Å²) in [5.41, 5.74) is 6.50. The number of nitrogens with one attached hydrogen (secondary N) is 1. The summed E-state index contributed by atoms with van der Waals surface area (Å²) in [7, 11) is 0. The topological polar surface area (TPSA) is 64.1 Å². The van der Waals surface area contributed by atoms with Crippen LogP contribution in [0.1, 0.15) is 13.4 Å². The quantitative estimate of drug-likeness (QED) is 0.615. The first kappa shape index (κ1) is 14.0. The molecular weight excluding hydrogens is 360 g/mol. The average molecular weight is 376 g/mol. The second kappa shape index (κ2) is 7.05. The zero-order valence-electron chi connectivity index (χ0n) is 13.8. The third-order valence-corrected chi connectivity index (χ3v) is 4.49. The molecule has 0 aromatic carbocycles. The third-order valence-electron chi connectivity index (χ3n) is 3.07. The van der Waals surface area contributed by atoms with E-state index in [9.17, 15) is 4.39 Å². The van der Waals surface area contributed by atoms with E-state index in [1.54, 1.807) is 17.4 Å². The molecule has 0 aliphatic carbocycles. The van der Waals surface area contributed by atoms with Crippen molar-refractivity contribution in [3.8, 4) is 0 Å². The van der Waals surface area contributed by atoms with Gasteiger partial charge in [0.1, 0.15) is 28.1 Å². The van der Waals surface area contributed by atoms with Crippen LogP contribution in [0.25, 0.3) is 11.1 Å². The molecule has 8 heteroatoms. The van der Waals surface area contributed by atoms with Crippen molar-refractivity contribution < 1.29 is 11.5 Å². The number of nitrogens with two attached hydrogens (primary N) is 1. The molecule has 0 radical (unpaired) electrons. The van der Waals surface area contributed by atoms with Crippen molar-refractivity contribution in [1.82, 2.24) is 4.98 Å². The zero-order chi connectivity index (χ0) is 18.2. The summed E-state index contributed by atoms with van der Waals surface area (Å²) < 4.78 is 34.5. The number of anilines is 1. The molecule has 0 unspecified atom stereocenters. The first-order valence-electron chi connectivity index (χ1n) is 7.71. The van der Waals surface area contributed by atoms with Crippen molar-refractivity contribution in [3.63, 3.8) is 0 Å². The highest BCUT2D eigenvalue weighted by Gasteiger charge is 2.19. The first-order valence-corrected chi connectivity index (χ1v) is 8.35. The Labute approximate surface area is 149 Å². The van der Waals surface area contributed by atoms with Gasteiger partial charge in [0.15, 0.2) is 5.58 Å². The van der Waals surface area contributed by atoms with Crippen LogP contribution in [-0.2, 0) is 12.9 Å². The van der Waals surface area contributed by atoms with E-state index in [1.807, 2.05) is 17.5 Å². The number of hydrogen-bond acceptors (Lipinski definition) is 5. The molecule has 0 fully saturated rings. The summed E-state index contributed by atoms with van der Waals surface area (Å²) in [6.45, 7) is -0.532. The molecule has 23 heavy (non-hydrogen) atoms. The maximum Gasteiger partial charge on any atom is 0.177 e. The Bertz CT molecular complexity index is 889. The van der Waals surface area contributed by atoms with Gasteiger partial charge in [0.05, 0.1) is 5.69 Å². The molecule has 0 aliphatic heterocycles. The number of thiophene rings is 1. The summed E-state index contributed by atoms with van der Waals surface area (Å²) in [5.74, 6) is -0.261. The standard InChI is InChI=1S/C15H14Cl2FN3OS/c16-12-5-10(20-7-9-2-1-3-23-9)15-14(21-12)13(17)11(22-15)4-8(19)6-18/h1-3,5,8H,4,6-7,19H2,(H,20,21)/t8-/m1/s1/i4D2. The van der Waals surface area contributed by atoms with E-state index < -0.39 is 19.1 Å². The van der Waals surface area contributed by atoms with Gasteiger partial charge in [-0.05, 0) is 11.4 Å². The van der Waals surface area contributed by atoms with Gasteiger partial charge in [-0.15, -0.1) is 11.3 Å². The van der Waals surface area contributed by atoms with E-state index in [2.05, 4.69) is 10.3 Å². The maximum absolute atomic E-state index is 12.9. The molecule has 0 saturated carbocycles. The van der Waals surface area contributed by atoms with Crippen molar-refractivity contribution in [2.24, 2.45) is 5.73 Å². The summed E-state index contributed by atoms with van der Waals surface area (Å²) in [6.07, 6.45) is -2.29. The third kappa shape index (κ3) is 3.61. The van der Waals surface area contributed by atoms with E-state index in [0.29, 0.717) is 12.2 Å². The van der Waals surface area contributed by atoms with Crippen LogP contribution in [0.4, 0.5) is 10.1 Å². The molecule has 0 spiro atoms. The monoisotopic (exact) mass is 375 g/mol. The van der Waals surface area contributed by atoms with E-state index in [1.165, 1.54) is 0 Å². The Morgan fingerprint density at radius 3 is 3.04 bits per heavy atom. The lowest BCUT2D eigenvalue weighted by atomic mass is 10.2. The number of furan rings is 1. The Balaban J connectivity index is 2.05. The first-order chi connectivity index (χ1) is 11.8. The SMILES string of the molecule is [2H]C([2H])(c1oc2c(NCc3cccs3)cc(Cl)nc2c1Cl)[C@@H](N)CF. The fourth-order valence-corrected chi connectivity index (χ4v) is 3.09. The molecule has 0 bridgehead atoms. The van der Waals surface area contributed by atoms with Gasteiger partial charge in [-0.2, -0.15) is 0 Å². The molecule has 0 aliphatic rings. The summed E-state index contributed by atoms with van der Waals surface area (Å²) in [6, 6.07) is 4.05. The molecule has 4 nitrogen and oxygen atoms in total. The van der Waals surface area contributed by atoms with Crippen LogP contribution in [0.3, 0.4) is 0 Å². The van der Waals surface area contributed by atoms with Crippen LogP contribution in [-0.4, -0.2) is 17.7 Å². The van der Waals surface area contributed by atoms with Crippen LogP contribution < -0.4 is 11.1 Å². The summed E-state index contributed by atoms with van der Waals surface area (Å²) >= 11 is 13.9. The lowest BCUT2D eigenvalue weighted by Gasteiger charge is -2.06. The minimum atomic E-state index is -2.29. The second-order valence-corrected chi connectivity index (χ2v) is 6.55. The van der Waals surface area contributed by atoms with Crippen LogP contribution in [0.15, 0.2) is 28.0 Å². The van der Waals surface area contributed by atoms with Gasteiger partial charge in [0.2, 0.25) is 0 Å². The molecule has 3 aromatic rings. The predicted molar refractivity (Wildman–Crippen MR) is 93.3 cm³/mol. The fourth-order valence-electron chi connectivity index (χ4n) is 2.04. The van der Waals surface area contributed by atoms with E-state index in [0.717, 1.165) is 4.88 Å². The molecule has 122 valence electrons. The van der Waals surface area contributed by atoms with Crippen molar-refractivity contribution in [3.05, 3.63) is 44.4 Å². The molecule has 3 rings (SSSR count). The van der Waals surface area contributed by atoms with Gasteiger partial charge in [-0.1, -0.05) is 29.3 Å². The number of fused-ring (bicyclic) bond motifs is 1. The molecule has 1 atom stereocenters. The predicted octanol–water partition coefficient (Wildman–Crippen LogP) is 4.65. The van der Waals surface area contributed by atoms with Crippen molar-refractivity contribution in [2.45, 2.75) is 19.0 Å². The molecular formula is C15H14Cl2FN3OS. The lowest BCUT2D eigenvalue weighted by molar-refractivity contribution is 0.407. The van der Waals surface area contributed by atoms with Gasteiger partial charge < -0.3 is 15.5 Å². The highest BCUT2D eigenvalue weighted by molar-refractivity contribution is 7.09. The van der Waals surface area contributed by atoms with Gasteiger partial charge in [-0.25, -0.2) is 9.37 Å². The Morgan fingerprint density at radius 1 is 1.52 bits per heavy atom. The van der Waals surface area contributed by atoms with E-state index >= 15 is 0 Å². The van der Waals surface area contributed by atoms with Gasteiger partial charge in [-0.3, -0.25) is 0 Å². The van der Waals surface area contributed by atoms with Crippen molar-refractivity contribution >= 4 is 51.3 Å². The second-order valence-electron chi connectivity index (χ2n) is 4.75. The van der Waals surface area contributed by atoms with Gasteiger partial charge in [0.25, 0.3) is 0 Å². The number of rotatable bonds is 6. The highest BCUT2D eigenvalue weighted by Crippen LogP contribution is 2.36. The Morgan fingerprint density at radius 2 is 2.35 bits per heavy atom. The van der Waals surface area contributed by atoms with Crippen molar-refractivity contribution in [1.29, 1.82) is 0 Å². The van der Waals surface area contributed by atoms with Gasteiger partial charge >= 0.3 is 0 Å². The normalized spacial score (nSPS) is 14.6. The minimum Gasteiger partial charge on any atom is -0.455 e. The maximum atomic E-state index is 12.9. The van der Waals surface area contributed by atoms with Gasteiger partial charge in [0, 0.05) is 32.6 Å². The summed E-state index contributed by atoms with van der Waals surface area (Å²) in [5, 5.41) is 5.24. The minimum absolute atomic E-state index is 0.0643. The largest absolute Gasteiger partial charge is 0.455 e. The molecule has 0 saturated heterocycles. The highest BCUT2D eigenvalue weighted by atomic mass is 35.5. The fraction of sp³-hybridized carbons (Fsp3) is 0.267. The Kier molecular flexibility index (Phi) is 4.30. The number of hydrogen-bond donors (Lipinski definition) is 2. The van der Waals surface area contributed by atoms with E-state index in [4.69, 9.17) is 36.1 Å². The number of nitrogens with zero attached hydrogens (tertiary/aromatic N) is 1. The Hall–Kier alpha value is -1.34. The average Bonchev–Trinajstić information content (AvgIpc) is 3.20. The van der Waals surface area contributed by atoms with Crippen LogP contribution in [0.2, 0.25) is 10.2 Å². The zero-order valence-corrected chi connectivity index (χ0v) is 14.1. The smallest absolute Gasteiger partial charge is 0.177 e. The molecule has 3 N–H and O–H groups in total. The molecule has 0 amide bonds. The number of aromatic nitrogens is 1. The number of halogens is 3. The van der Waals surface area contributed by atoms with Crippen LogP contribution in [0, 0.1) is 0 Å². The molecule has 3 heterocycles. The van der Waals surface area contributed by atoms with Crippen molar-refractivity contribution in [2.75, 3.05) is 12.0 Å². The summed E-state index contributed by atoms with van der Waals surface area (Å²) in [4.78, 5) is 5.19. The van der Waals surface area contributed by atoms with Crippen LogP contribution in [0.5, 0.6) is 0 Å². The number of pyridine rings is 1. The van der Waals surface area contributed by atoms with E-state index in [-0.39, 0.29) is 27.0 Å². The number of alkyl halides is 1.